The Labute approximate surface area is 159 Å². The summed E-state index contributed by atoms with van der Waals surface area (Å²) in [5, 5.41) is 31.2. The molecule has 1 rings (SSSR count). The predicted molar refractivity (Wildman–Crippen MR) is 98.9 cm³/mol. The zero-order valence-corrected chi connectivity index (χ0v) is 16.3. The van der Waals surface area contributed by atoms with E-state index in [-0.39, 0.29) is 0 Å². The van der Waals surface area contributed by atoms with E-state index in [9.17, 15) is 29.7 Å². The van der Waals surface area contributed by atoms with Crippen LogP contribution in [0.15, 0.2) is 0 Å². The molecule has 0 aromatic rings. The Morgan fingerprint density at radius 1 is 0.630 bits per heavy atom. The number of carboxylic acid groups (broad SMARTS) is 3. The molecule has 0 spiro atoms. The highest BCUT2D eigenvalue weighted by Gasteiger charge is 2.27. The Bertz CT molecular complexity index is 484. The third kappa shape index (κ3) is 7.41. The van der Waals surface area contributed by atoms with E-state index < -0.39 is 36.0 Å². The van der Waals surface area contributed by atoms with E-state index in [1.54, 1.807) is 25.7 Å². The lowest BCUT2D eigenvalue weighted by molar-refractivity contribution is -0.145. The van der Waals surface area contributed by atoms with Crippen LogP contribution in [0.25, 0.3) is 0 Å². The van der Waals surface area contributed by atoms with Crippen molar-refractivity contribution in [1.82, 2.24) is 20.0 Å². The summed E-state index contributed by atoms with van der Waals surface area (Å²) in [6, 6.07) is -2.07. The van der Waals surface area contributed by atoms with Gasteiger partial charge in [-0.25, -0.2) is 0 Å². The summed E-state index contributed by atoms with van der Waals surface area (Å²) in [7, 11) is 0. The van der Waals surface area contributed by atoms with E-state index in [1.807, 2.05) is 9.80 Å². The fraction of sp³-hybridized carbons (Fsp3) is 0.824. The molecule has 4 N–H and O–H groups in total. The zero-order valence-electron chi connectivity index (χ0n) is 16.3. The van der Waals surface area contributed by atoms with Crippen molar-refractivity contribution >= 4 is 17.9 Å². The Morgan fingerprint density at radius 3 is 1.15 bits per heavy atom. The highest BCUT2D eigenvalue weighted by atomic mass is 16.4. The molecule has 10 heteroatoms. The van der Waals surface area contributed by atoms with E-state index in [4.69, 9.17) is 0 Å². The zero-order chi connectivity index (χ0) is 20.6. The van der Waals surface area contributed by atoms with Crippen molar-refractivity contribution in [2.45, 2.75) is 38.9 Å². The second kappa shape index (κ2) is 11.2. The molecule has 1 heterocycles. The summed E-state index contributed by atoms with van der Waals surface area (Å²) in [4.78, 5) is 39.5. The lowest BCUT2D eigenvalue weighted by atomic mass is 10.2. The average molecular weight is 388 g/mol. The molecular weight excluding hydrogens is 356 g/mol. The van der Waals surface area contributed by atoms with Gasteiger partial charge in [0.2, 0.25) is 0 Å². The van der Waals surface area contributed by atoms with Crippen LogP contribution >= 0.6 is 0 Å². The molecule has 1 aliphatic heterocycles. The van der Waals surface area contributed by atoms with E-state index in [0.717, 1.165) is 0 Å². The van der Waals surface area contributed by atoms with Crippen molar-refractivity contribution in [3.8, 4) is 0 Å². The van der Waals surface area contributed by atoms with Crippen LogP contribution < -0.4 is 5.32 Å². The molecule has 27 heavy (non-hydrogen) atoms. The fourth-order valence-electron chi connectivity index (χ4n) is 3.05. The number of carboxylic acids is 3. The Kier molecular flexibility index (Phi) is 9.64. The maximum absolute atomic E-state index is 11.5. The Balaban J connectivity index is 2.93. The summed E-state index contributed by atoms with van der Waals surface area (Å²) in [5.74, 6) is -2.79. The van der Waals surface area contributed by atoms with Gasteiger partial charge in [-0.05, 0) is 20.8 Å². The van der Waals surface area contributed by atoms with Crippen LogP contribution in [0.5, 0.6) is 0 Å². The maximum atomic E-state index is 11.5. The van der Waals surface area contributed by atoms with Crippen molar-refractivity contribution in [1.29, 1.82) is 0 Å². The average Bonchev–Trinajstić information content (AvgIpc) is 2.60. The number of nitrogens with zero attached hydrogens (tertiary/aromatic N) is 3. The van der Waals surface area contributed by atoms with Crippen LogP contribution in [-0.4, -0.2) is 118 Å². The molecule has 0 aromatic carbocycles. The number of carbonyl (C=O) groups is 3. The van der Waals surface area contributed by atoms with Crippen LogP contribution in [0.2, 0.25) is 0 Å². The van der Waals surface area contributed by atoms with Gasteiger partial charge in [-0.2, -0.15) is 0 Å². The van der Waals surface area contributed by atoms with Gasteiger partial charge in [0.25, 0.3) is 0 Å². The largest absolute Gasteiger partial charge is 0.480 e. The van der Waals surface area contributed by atoms with Gasteiger partial charge in [-0.1, -0.05) is 0 Å². The van der Waals surface area contributed by atoms with Crippen LogP contribution in [0.4, 0.5) is 0 Å². The lowest BCUT2D eigenvalue weighted by Crippen LogP contribution is -2.53. The smallest absolute Gasteiger partial charge is 0.320 e. The van der Waals surface area contributed by atoms with Gasteiger partial charge in [0.1, 0.15) is 18.1 Å². The number of nitrogens with one attached hydrogen (secondary N) is 1. The summed E-state index contributed by atoms with van der Waals surface area (Å²) >= 11 is 0. The van der Waals surface area contributed by atoms with Crippen LogP contribution in [0, 0.1) is 0 Å². The molecule has 156 valence electrons. The molecule has 3 unspecified atom stereocenters. The van der Waals surface area contributed by atoms with Gasteiger partial charge in [-0.3, -0.25) is 29.1 Å². The number of hydrogen-bond donors (Lipinski definition) is 4. The molecule has 1 fully saturated rings. The van der Waals surface area contributed by atoms with Gasteiger partial charge >= 0.3 is 17.9 Å². The first-order chi connectivity index (χ1) is 12.6. The van der Waals surface area contributed by atoms with Crippen LogP contribution in [0.3, 0.4) is 0 Å². The first kappa shape index (κ1) is 23.3. The van der Waals surface area contributed by atoms with Gasteiger partial charge < -0.3 is 20.6 Å². The Hall–Kier alpha value is -1.75. The van der Waals surface area contributed by atoms with Crippen molar-refractivity contribution < 1.29 is 29.7 Å². The standard InChI is InChI=1S/C17H32N4O6/c1-12(15(22)23)19-6-4-18-5-7-20(13(2)16(24)25)9-11-21(10-8-19)14(3)17(26)27/h12-14,18H,4-11H2,1-3H3,(H,22,23)(H,24,25)(H,26,27). The summed E-state index contributed by atoms with van der Waals surface area (Å²) in [6.45, 7) is 8.61. The van der Waals surface area contributed by atoms with Crippen molar-refractivity contribution in [3.05, 3.63) is 0 Å². The van der Waals surface area contributed by atoms with E-state index in [2.05, 4.69) is 5.32 Å². The van der Waals surface area contributed by atoms with E-state index in [1.165, 1.54) is 0 Å². The fourth-order valence-corrected chi connectivity index (χ4v) is 3.05. The van der Waals surface area contributed by atoms with Gasteiger partial charge in [0, 0.05) is 52.4 Å². The second-order valence-electron chi connectivity index (χ2n) is 6.90. The number of aliphatic carboxylic acids is 3. The normalized spacial score (nSPS) is 22.8. The van der Waals surface area contributed by atoms with Gasteiger partial charge in [-0.15, -0.1) is 0 Å². The number of rotatable bonds is 6. The summed E-state index contributed by atoms with van der Waals surface area (Å²) < 4.78 is 0. The molecule has 3 atom stereocenters. The minimum Gasteiger partial charge on any atom is -0.480 e. The molecule has 0 amide bonds. The van der Waals surface area contributed by atoms with E-state index >= 15 is 0 Å². The quantitative estimate of drug-likeness (QED) is 0.445. The Morgan fingerprint density at radius 2 is 0.889 bits per heavy atom. The highest BCUT2D eigenvalue weighted by Crippen LogP contribution is 2.07. The summed E-state index contributed by atoms with van der Waals surface area (Å²) in [6.07, 6.45) is 0. The molecule has 1 aliphatic rings. The maximum Gasteiger partial charge on any atom is 0.320 e. The first-order valence-electron chi connectivity index (χ1n) is 9.26. The molecule has 0 saturated carbocycles. The second-order valence-corrected chi connectivity index (χ2v) is 6.90. The predicted octanol–water partition coefficient (Wildman–Crippen LogP) is -1.09. The molecule has 0 aromatic heterocycles. The van der Waals surface area contributed by atoms with Crippen molar-refractivity contribution in [2.24, 2.45) is 0 Å². The molecule has 10 nitrogen and oxygen atoms in total. The minimum atomic E-state index is -0.959. The molecule has 0 aliphatic carbocycles. The number of hydrogen-bond acceptors (Lipinski definition) is 7. The minimum absolute atomic E-state index is 0.389. The van der Waals surface area contributed by atoms with Crippen LogP contribution in [-0.2, 0) is 14.4 Å². The van der Waals surface area contributed by atoms with E-state index in [0.29, 0.717) is 52.4 Å². The molecular formula is C17H32N4O6. The third-order valence-corrected chi connectivity index (χ3v) is 5.22. The topological polar surface area (TPSA) is 134 Å². The molecule has 1 saturated heterocycles. The third-order valence-electron chi connectivity index (χ3n) is 5.22. The van der Waals surface area contributed by atoms with Crippen molar-refractivity contribution in [2.75, 3.05) is 52.4 Å². The van der Waals surface area contributed by atoms with Crippen LogP contribution in [0.1, 0.15) is 20.8 Å². The van der Waals surface area contributed by atoms with Gasteiger partial charge in [0.15, 0.2) is 0 Å². The monoisotopic (exact) mass is 388 g/mol. The highest BCUT2D eigenvalue weighted by molar-refractivity contribution is 5.73. The molecule has 0 radical (unpaired) electrons. The molecule has 0 bridgehead atoms. The first-order valence-corrected chi connectivity index (χ1v) is 9.26. The van der Waals surface area contributed by atoms with Gasteiger partial charge in [0.05, 0.1) is 0 Å². The van der Waals surface area contributed by atoms with Crippen molar-refractivity contribution in [3.63, 3.8) is 0 Å². The lowest BCUT2D eigenvalue weighted by Gasteiger charge is -2.35. The summed E-state index contributed by atoms with van der Waals surface area (Å²) in [5.41, 5.74) is 0. The SMILES string of the molecule is CC(C(=O)O)N1CCNCCN(C(C)C(=O)O)CCN(C(C)C(=O)O)CC1.